The summed E-state index contributed by atoms with van der Waals surface area (Å²) >= 11 is 6.00. The molecule has 84 valence electrons. The molecule has 0 aliphatic heterocycles. The zero-order valence-electron chi connectivity index (χ0n) is 8.85. The Morgan fingerprint density at radius 3 is 3.00 bits per heavy atom. The summed E-state index contributed by atoms with van der Waals surface area (Å²) in [6, 6.07) is 5.73. The summed E-state index contributed by atoms with van der Waals surface area (Å²) in [4.78, 5) is 4.09. The molecule has 4 nitrogen and oxygen atoms in total. The molecular weight excluding hydrogens is 226 g/mol. The molecule has 1 aromatic heterocycles. The highest BCUT2D eigenvalue weighted by Gasteiger charge is 2.10. The van der Waals surface area contributed by atoms with E-state index in [4.69, 9.17) is 22.1 Å². The van der Waals surface area contributed by atoms with Crippen LogP contribution in [0.5, 0.6) is 11.8 Å². The van der Waals surface area contributed by atoms with Gasteiger partial charge in [0.1, 0.15) is 0 Å². The van der Waals surface area contributed by atoms with E-state index in [1.807, 2.05) is 17.7 Å². The number of hydrogen-bond donors (Lipinski definition) is 1. The number of rotatable bonds is 3. The van der Waals surface area contributed by atoms with E-state index in [2.05, 4.69) is 4.98 Å². The first-order valence-corrected chi connectivity index (χ1v) is 5.33. The number of aryl methyl sites for hydroxylation is 1. The molecule has 0 unspecified atom stereocenters. The quantitative estimate of drug-likeness (QED) is 0.835. The van der Waals surface area contributed by atoms with Crippen LogP contribution in [-0.2, 0) is 6.54 Å². The van der Waals surface area contributed by atoms with Gasteiger partial charge in [-0.15, -0.1) is 0 Å². The maximum atomic E-state index is 6.00. The molecule has 0 spiro atoms. The summed E-state index contributed by atoms with van der Waals surface area (Å²) in [5.74, 6) is 0.449. The van der Waals surface area contributed by atoms with E-state index in [0.29, 0.717) is 22.5 Å². The van der Waals surface area contributed by atoms with Crippen LogP contribution in [0.3, 0.4) is 0 Å². The molecule has 2 aromatic rings. The van der Waals surface area contributed by atoms with E-state index in [1.165, 1.54) is 0 Å². The number of nitrogens with two attached hydrogens (primary N) is 1. The smallest absolute Gasteiger partial charge is 0.301 e. The molecule has 0 saturated heterocycles. The van der Waals surface area contributed by atoms with E-state index < -0.39 is 0 Å². The molecule has 0 saturated carbocycles. The Bertz CT molecular complexity index is 475. The van der Waals surface area contributed by atoms with Crippen LogP contribution in [0.1, 0.15) is 6.92 Å². The second kappa shape index (κ2) is 4.45. The van der Waals surface area contributed by atoms with Crippen LogP contribution in [0.4, 0.5) is 5.69 Å². The number of nitrogen functional groups attached to an aromatic ring is 1. The van der Waals surface area contributed by atoms with Crippen molar-refractivity contribution in [3.63, 3.8) is 0 Å². The van der Waals surface area contributed by atoms with Crippen molar-refractivity contribution in [2.75, 3.05) is 5.73 Å². The minimum absolute atomic E-state index is 0.449. The highest BCUT2D eigenvalue weighted by Crippen LogP contribution is 2.33. The van der Waals surface area contributed by atoms with E-state index in [0.717, 1.165) is 6.54 Å². The third-order valence-electron chi connectivity index (χ3n) is 2.21. The molecule has 0 atom stereocenters. The summed E-state index contributed by atoms with van der Waals surface area (Å²) in [5.41, 5.74) is 6.28. The molecule has 0 bridgehead atoms. The van der Waals surface area contributed by atoms with Crippen LogP contribution >= 0.6 is 11.6 Å². The van der Waals surface area contributed by atoms with Crippen LogP contribution in [0.2, 0.25) is 5.02 Å². The summed E-state index contributed by atoms with van der Waals surface area (Å²) in [7, 11) is 0. The minimum atomic E-state index is 0.449. The Kier molecular flexibility index (Phi) is 3.01. The van der Waals surface area contributed by atoms with Crippen LogP contribution < -0.4 is 10.5 Å². The Labute approximate surface area is 98.6 Å². The van der Waals surface area contributed by atoms with E-state index in [-0.39, 0.29) is 0 Å². The van der Waals surface area contributed by atoms with Crippen molar-refractivity contribution in [3.8, 4) is 11.8 Å². The fourth-order valence-electron chi connectivity index (χ4n) is 1.37. The lowest BCUT2D eigenvalue weighted by Gasteiger charge is -2.10. The predicted octanol–water partition coefficient (Wildman–Crippen LogP) is 2.93. The third-order valence-corrected chi connectivity index (χ3v) is 2.51. The maximum absolute atomic E-state index is 6.00. The van der Waals surface area contributed by atoms with E-state index >= 15 is 0 Å². The van der Waals surface area contributed by atoms with Crippen molar-refractivity contribution in [1.82, 2.24) is 9.55 Å². The fourth-order valence-corrected chi connectivity index (χ4v) is 1.59. The van der Waals surface area contributed by atoms with Gasteiger partial charge in [0.15, 0.2) is 5.75 Å². The average Bonchev–Trinajstić information content (AvgIpc) is 2.71. The van der Waals surface area contributed by atoms with Gasteiger partial charge >= 0.3 is 6.01 Å². The van der Waals surface area contributed by atoms with Gasteiger partial charge in [0.2, 0.25) is 0 Å². The number of anilines is 1. The number of imidazole rings is 1. The summed E-state index contributed by atoms with van der Waals surface area (Å²) in [6.45, 7) is 2.78. The van der Waals surface area contributed by atoms with Gasteiger partial charge in [0.25, 0.3) is 0 Å². The van der Waals surface area contributed by atoms with Gasteiger partial charge in [-0.1, -0.05) is 17.7 Å². The van der Waals surface area contributed by atoms with Gasteiger partial charge in [0, 0.05) is 18.9 Å². The Morgan fingerprint density at radius 2 is 2.31 bits per heavy atom. The fraction of sp³-hybridized carbons (Fsp3) is 0.182. The van der Waals surface area contributed by atoms with Crippen molar-refractivity contribution in [2.24, 2.45) is 0 Å². The molecule has 0 amide bonds. The number of para-hydroxylation sites is 1. The minimum Gasteiger partial charge on any atom is -0.422 e. The van der Waals surface area contributed by atoms with Crippen LogP contribution in [0, 0.1) is 0 Å². The zero-order valence-corrected chi connectivity index (χ0v) is 9.61. The topological polar surface area (TPSA) is 53.1 Å². The second-order valence-electron chi connectivity index (χ2n) is 3.26. The number of ether oxygens (including phenoxy) is 1. The van der Waals surface area contributed by atoms with Crippen LogP contribution in [0.25, 0.3) is 0 Å². The standard InChI is InChI=1S/C11H12ClN3O/c1-2-15-7-6-14-11(15)16-10-8(12)4-3-5-9(10)13/h3-7H,2,13H2,1H3. The van der Waals surface area contributed by atoms with Crippen LogP contribution in [-0.4, -0.2) is 9.55 Å². The van der Waals surface area contributed by atoms with Crippen molar-refractivity contribution in [3.05, 3.63) is 35.6 Å². The van der Waals surface area contributed by atoms with Gasteiger partial charge < -0.3 is 15.0 Å². The normalized spacial score (nSPS) is 10.4. The molecule has 5 heteroatoms. The number of hydrogen-bond acceptors (Lipinski definition) is 3. The van der Waals surface area contributed by atoms with E-state index in [9.17, 15) is 0 Å². The predicted molar refractivity (Wildman–Crippen MR) is 63.8 cm³/mol. The number of aromatic nitrogens is 2. The van der Waals surface area contributed by atoms with Gasteiger partial charge in [0.05, 0.1) is 10.7 Å². The highest BCUT2D eigenvalue weighted by atomic mass is 35.5. The lowest BCUT2D eigenvalue weighted by atomic mass is 10.3. The molecule has 2 N–H and O–H groups in total. The van der Waals surface area contributed by atoms with Crippen LogP contribution in [0.15, 0.2) is 30.6 Å². The Hall–Kier alpha value is -1.68. The first-order valence-electron chi connectivity index (χ1n) is 4.95. The third kappa shape index (κ3) is 1.97. The van der Waals surface area contributed by atoms with Crippen molar-refractivity contribution in [1.29, 1.82) is 0 Å². The van der Waals surface area contributed by atoms with Gasteiger partial charge in [-0.3, -0.25) is 0 Å². The molecule has 0 fully saturated rings. The maximum Gasteiger partial charge on any atom is 0.301 e. The molecular formula is C11H12ClN3O. The first-order chi connectivity index (χ1) is 7.72. The summed E-state index contributed by atoms with van der Waals surface area (Å²) in [5, 5.41) is 0.477. The molecule has 16 heavy (non-hydrogen) atoms. The summed E-state index contributed by atoms with van der Waals surface area (Å²) in [6.07, 6.45) is 3.51. The largest absolute Gasteiger partial charge is 0.422 e. The molecule has 2 rings (SSSR count). The first kappa shape index (κ1) is 10.8. The highest BCUT2D eigenvalue weighted by molar-refractivity contribution is 6.32. The monoisotopic (exact) mass is 237 g/mol. The molecule has 0 aliphatic rings. The van der Waals surface area contributed by atoms with Crippen molar-refractivity contribution < 1.29 is 4.74 Å². The molecule has 0 aliphatic carbocycles. The lowest BCUT2D eigenvalue weighted by Crippen LogP contribution is -1.99. The molecule has 1 aromatic carbocycles. The average molecular weight is 238 g/mol. The Balaban J connectivity index is 2.34. The van der Waals surface area contributed by atoms with E-state index in [1.54, 1.807) is 24.4 Å². The SMILES string of the molecule is CCn1ccnc1Oc1c(N)cccc1Cl. The number of halogens is 1. The zero-order chi connectivity index (χ0) is 11.5. The van der Waals surface area contributed by atoms with Gasteiger partial charge in [-0.25, -0.2) is 4.98 Å². The summed E-state index contributed by atoms with van der Waals surface area (Å²) < 4.78 is 7.46. The lowest BCUT2D eigenvalue weighted by molar-refractivity contribution is 0.417. The molecule has 0 radical (unpaired) electrons. The Morgan fingerprint density at radius 1 is 1.50 bits per heavy atom. The second-order valence-corrected chi connectivity index (χ2v) is 3.66. The van der Waals surface area contributed by atoms with Gasteiger partial charge in [-0.05, 0) is 19.1 Å². The van der Waals surface area contributed by atoms with Gasteiger partial charge in [-0.2, -0.15) is 0 Å². The van der Waals surface area contributed by atoms with Crippen molar-refractivity contribution in [2.45, 2.75) is 13.5 Å². The van der Waals surface area contributed by atoms with Crippen molar-refractivity contribution >= 4 is 17.3 Å². The number of benzene rings is 1. The molecule has 1 heterocycles. The number of nitrogens with zero attached hydrogens (tertiary/aromatic N) is 2.